The van der Waals surface area contributed by atoms with Gasteiger partial charge in [-0.25, -0.2) is 4.68 Å². The van der Waals surface area contributed by atoms with Crippen LogP contribution in [0.4, 0.5) is 5.69 Å². The Hall–Kier alpha value is -3.82. The van der Waals surface area contributed by atoms with Crippen molar-refractivity contribution in [1.82, 2.24) is 19.6 Å². The van der Waals surface area contributed by atoms with Gasteiger partial charge in [0.25, 0.3) is 11.6 Å². The summed E-state index contributed by atoms with van der Waals surface area (Å²) in [4.78, 5) is 29.5. The van der Waals surface area contributed by atoms with Crippen molar-refractivity contribution in [2.24, 2.45) is 0 Å². The predicted molar refractivity (Wildman–Crippen MR) is 133 cm³/mol. The molecule has 2 heterocycles. The summed E-state index contributed by atoms with van der Waals surface area (Å²) in [7, 11) is 3.93. The normalized spacial score (nSPS) is 11.0. The molecule has 34 heavy (non-hydrogen) atoms. The van der Waals surface area contributed by atoms with E-state index in [-0.39, 0.29) is 11.6 Å². The number of hydrogen-bond acceptors (Lipinski definition) is 6. The standard InChI is InChI=1S/C25H25N5O3S/c1-27(2)13-14-28(18-19-8-4-3-5-9-19)25(31)23-17-22(24-12-7-15-34-24)26-29(23)20-10-6-11-21(16-20)30(32)33/h3-12,15-17H,13-14,18H2,1-2H3. The number of thiophene rings is 1. The van der Waals surface area contributed by atoms with Gasteiger partial charge in [0.1, 0.15) is 11.4 Å². The lowest BCUT2D eigenvalue weighted by atomic mass is 10.2. The quantitative estimate of drug-likeness (QED) is 0.258. The zero-order valence-corrected chi connectivity index (χ0v) is 19.8. The summed E-state index contributed by atoms with van der Waals surface area (Å²) in [6.45, 7) is 1.67. The van der Waals surface area contributed by atoms with Crippen LogP contribution in [-0.4, -0.2) is 57.6 Å². The summed E-state index contributed by atoms with van der Waals surface area (Å²) >= 11 is 1.52. The van der Waals surface area contributed by atoms with Gasteiger partial charge in [-0.3, -0.25) is 14.9 Å². The molecule has 174 valence electrons. The monoisotopic (exact) mass is 475 g/mol. The molecule has 0 aliphatic heterocycles. The zero-order valence-electron chi connectivity index (χ0n) is 19.0. The molecule has 0 aliphatic carbocycles. The number of nitrogens with zero attached hydrogens (tertiary/aromatic N) is 5. The van der Waals surface area contributed by atoms with Crippen molar-refractivity contribution < 1.29 is 9.72 Å². The third-order valence-corrected chi connectivity index (χ3v) is 6.20. The van der Waals surface area contributed by atoms with Crippen LogP contribution >= 0.6 is 11.3 Å². The van der Waals surface area contributed by atoms with Crippen LogP contribution < -0.4 is 0 Å². The minimum absolute atomic E-state index is 0.0576. The summed E-state index contributed by atoms with van der Waals surface area (Å²) < 4.78 is 1.51. The third-order valence-electron chi connectivity index (χ3n) is 5.31. The fourth-order valence-electron chi connectivity index (χ4n) is 3.55. The number of benzene rings is 2. The van der Waals surface area contributed by atoms with Crippen molar-refractivity contribution in [3.63, 3.8) is 0 Å². The van der Waals surface area contributed by atoms with Gasteiger partial charge in [0, 0.05) is 31.8 Å². The number of carbonyl (C=O) groups is 1. The lowest BCUT2D eigenvalue weighted by Crippen LogP contribution is -2.37. The largest absolute Gasteiger partial charge is 0.332 e. The van der Waals surface area contributed by atoms with Crippen LogP contribution in [0.2, 0.25) is 0 Å². The molecule has 1 amide bonds. The smallest absolute Gasteiger partial charge is 0.272 e. The highest BCUT2D eigenvalue weighted by atomic mass is 32.1. The molecular formula is C25H25N5O3S. The lowest BCUT2D eigenvalue weighted by molar-refractivity contribution is -0.384. The molecular weight excluding hydrogens is 450 g/mol. The Bertz CT molecular complexity index is 1270. The first-order valence-corrected chi connectivity index (χ1v) is 11.7. The second-order valence-electron chi connectivity index (χ2n) is 8.10. The summed E-state index contributed by atoms with van der Waals surface area (Å²) in [6, 6.07) is 21.6. The second kappa shape index (κ2) is 10.4. The molecule has 0 unspecified atom stereocenters. The predicted octanol–water partition coefficient (Wildman–Crippen LogP) is 4.71. The van der Waals surface area contributed by atoms with Gasteiger partial charge in [-0.05, 0) is 43.2 Å². The molecule has 0 radical (unpaired) electrons. The van der Waals surface area contributed by atoms with E-state index >= 15 is 0 Å². The van der Waals surface area contributed by atoms with Gasteiger partial charge in [-0.2, -0.15) is 5.10 Å². The first-order valence-electron chi connectivity index (χ1n) is 10.8. The molecule has 4 rings (SSSR count). The van der Waals surface area contributed by atoms with Crippen LogP contribution in [0, 0.1) is 10.1 Å². The Morgan fingerprint density at radius 2 is 1.82 bits per heavy atom. The molecule has 0 fully saturated rings. The number of nitro groups is 1. The van der Waals surface area contributed by atoms with Gasteiger partial charge < -0.3 is 9.80 Å². The van der Waals surface area contributed by atoms with E-state index in [1.165, 1.54) is 28.2 Å². The maximum absolute atomic E-state index is 13.9. The maximum atomic E-state index is 13.9. The lowest BCUT2D eigenvalue weighted by Gasteiger charge is -2.25. The van der Waals surface area contributed by atoms with Crippen LogP contribution in [0.3, 0.4) is 0 Å². The highest BCUT2D eigenvalue weighted by Crippen LogP contribution is 2.27. The molecule has 0 aliphatic rings. The summed E-state index contributed by atoms with van der Waals surface area (Å²) in [5.74, 6) is -0.187. The third kappa shape index (κ3) is 5.38. The number of likely N-dealkylation sites (N-methyl/N-ethyl adjacent to an activating group) is 1. The van der Waals surface area contributed by atoms with Gasteiger partial charge in [-0.1, -0.05) is 42.5 Å². The molecule has 0 spiro atoms. The number of carbonyl (C=O) groups excluding carboxylic acids is 1. The van der Waals surface area contributed by atoms with Crippen molar-refractivity contribution in [1.29, 1.82) is 0 Å². The molecule has 0 bridgehead atoms. The number of rotatable bonds is 9. The van der Waals surface area contributed by atoms with Crippen LogP contribution in [0.5, 0.6) is 0 Å². The highest BCUT2D eigenvalue weighted by molar-refractivity contribution is 7.13. The van der Waals surface area contributed by atoms with E-state index in [0.29, 0.717) is 36.7 Å². The first kappa shape index (κ1) is 23.3. The summed E-state index contributed by atoms with van der Waals surface area (Å²) in [5, 5.41) is 18.0. The van der Waals surface area contributed by atoms with Crippen molar-refractivity contribution in [2.45, 2.75) is 6.54 Å². The van der Waals surface area contributed by atoms with Gasteiger partial charge in [0.15, 0.2) is 0 Å². The Kier molecular flexibility index (Phi) is 7.15. The average Bonchev–Trinajstić information content (AvgIpc) is 3.52. The zero-order chi connectivity index (χ0) is 24.1. The van der Waals surface area contributed by atoms with Crippen molar-refractivity contribution >= 4 is 22.9 Å². The minimum Gasteiger partial charge on any atom is -0.332 e. The van der Waals surface area contributed by atoms with E-state index in [1.807, 2.05) is 66.8 Å². The molecule has 2 aromatic carbocycles. The molecule has 0 atom stereocenters. The van der Waals surface area contributed by atoms with Crippen molar-refractivity contribution in [2.75, 3.05) is 27.2 Å². The van der Waals surface area contributed by atoms with Gasteiger partial charge in [-0.15, -0.1) is 11.3 Å². The van der Waals surface area contributed by atoms with E-state index in [9.17, 15) is 14.9 Å². The highest BCUT2D eigenvalue weighted by Gasteiger charge is 2.24. The topological polar surface area (TPSA) is 84.5 Å². The number of aromatic nitrogens is 2. The van der Waals surface area contributed by atoms with Crippen LogP contribution in [0.25, 0.3) is 16.3 Å². The Balaban J connectivity index is 1.77. The molecule has 0 saturated heterocycles. The number of nitro benzene ring substituents is 1. The average molecular weight is 476 g/mol. The van der Waals surface area contributed by atoms with E-state index in [4.69, 9.17) is 0 Å². The fourth-order valence-corrected chi connectivity index (χ4v) is 4.23. The second-order valence-corrected chi connectivity index (χ2v) is 9.04. The van der Waals surface area contributed by atoms with E-state index in [1.54, 1.807) is 23.1 Å². The van der Waals surface area contributed by atoms with Gasteiger partial charge >= 0.3 is 0 Å². The molecule has 0 saturated carbocycles. The van der Waals surface area contributed by atoms with Gasteiger partial charge in [0.05, 0.1) is 15.5 Å². The van der Waals surface area contributed by atoms with E-state index in [2.05, 4.69) is 5.10 Å². The van der Waals surface area contributed by atoms with Crippen LogP contribution in [-0.2, 0) is 6.54 Å². The Labute approximate surface area is 201 Å². The first-order chi connectivity index (χ1) is 16.4. The van der Waals surface area contributed by atoms with Crippen molar-refractivity contribution in [3.05, 3.63) is 99.5 Å². The molecule has 8 nitrogen and oxygen atoms in total. The molecule has 0 N–H and O–H groups in total. The number of non-ortho nitro benzene ring substituents is 1. The Morgan fingerprint density at radius 3 is 2.50 bits per heavy atom. The fraction of sp³-hybridized carbons (Fsp3) is 0.200. The van der Waals surface area contributed by atoms with Crippen LogP contribution in [0.15, 0.2) is 78.2 Å². The minimum atomic E-state index is -0.451. The number of amides is 1. The summed E-state index contributed by atoms with van der Waals surface area (Å²) in [5.41, 5.74) is 2.44. The molecule has 2 aromatic heterocycles. The van der Waals surface area contributed by atoms with Crippen LogP contribution in [0.1, 0.15) is 16.1 Å². The summed E-state index contributed by atoms with van der Waals surface area (Å²) in [6.07, 6.45) is 0. The number of hydrogen-bond donors (Lipinski definition) is 0. The molecule has 4 aromatic rings. The van der Waals surface area contributed by atoms with Gasteiger partial charge in [0.2, 0.25) is 0 Å². The van der Waals surface area contributed by atoms with E-state index < -0.39 is 4.92 Å². The van der Waals surface area contributed by atoms with Crippen molar-refractivity contribution in [3.8, 4) is 16.3 Å². The SMILES string of the molecule is CN(C)CCN(Cc1ccccc1)C(=O)c1cc(-c2cccs2)nn1-c1cccc([N+](=O)[O-])c1. The Morgan fingerprint density at radius 1 is 1.03 bits per heavy atom. The van der Waals surface area contributed by atoms with E-state index in [0.717, 1.165) is 10.4 Å². The maximum Gasteiger partial charge on any atom is 0.272 e. The molecule has 9 heteroatoms.